The molecule has 1 saturated carbocycles. The van der Waals surface area contributed by atoms with Gasteiger partial charge in [0.2, 0.25) is 4.96 Å². The molecule has 5 heteroatoms. The highest BCUT2D eigenvalue weighted by atomic mass is 32.1. The highest BCUT2D eigenvalue weighted by Crippen LogP contribution is 2.40. The smallest absolute Gasteiger partial charge is 0.212 e. The second-order valence-corrected chi connectivity index (χ2v) is 6.91. The number of thiazole rings is 1. The van der Waals surface area contributed by atoms with E-state index in [-0.39, 0.29) is 6.04 Å². The first-order valence-electron chi connectivity index (χ1n) is 7.57. The topological polar surface area (TPSA) is 42.2 Å². The number of nitrogens with zero attached hydrogens (tertiary/aromatic N) is 3. The van der Waals surface area contributed by atoms with Gasteiger partial charge in [-0.1, -0.05) is 41.7 Å². The van der Waals surface area contributed by atoms with E-state index in [0.717, 1.165) is 23.8 Å². The van der Waals surface area contributed by atoms with Gasteiger partial charge in [0.25, 0.3) is 0 Å². The van der Waals surface area contributed by atoms with E-state index < -0.39 is 0 Å². The molecule has 1 aliphatic heterocycles. The van der Waals surface area contributed by atoms with Crippen molar-refractivity contribution in [2.45, 2.75) is 31.2 Å². The molecule has 1 aliphatic carbocycles. The third-order valence-corrected chi connectivity index (χ3v) is 5.52. The molecule has 5 rings (SSSR count). The van der Waals surface area contributed by atoms with Crippen LogP contribution in [0.2, 0.25) is 0 Å². The maximum atomic E-state index is 4.76. The Bertz CT molecular complexity index is 800. The summed E-state index contributed by atoms with van der Waals surface area (Å²) in [4.78, 5) is 7.19. The van der Waals surface area contributed by atoms with Crippen LogP contribution in [0.5, 0.6) is 0 Å². The largest absolute Gasteiger partial charge is 0.305 e. The summed E-state index contributed by atoms with van der Waals surface area (Å²) in [5.41, 5.74) is 2.67. The number of aromatic nitrogens is 3. The number of nitrogens with one attached hydrogen (secondary N) is 1. The predicted octanol–water partition coefficient (Wildman–Crippen LogP) is 2.90. The summed E-state index contributed by atoms with van der Waals surface area (Å²) in [5, 5.41) is 8.40. The van der Waals surface area contributed by atoms with Crippen LogP contribution in [-0.2, 0) is 6.42 Å². The van der Waals surface area contributed by atoms with E-state index in [1.54, 1.807) is 11.3 Å². The van der Waals surface area contributed by atoms with E-state index in [1.165, 1.54) is 29.0 Å². The predicted molar refractivity (Wildman–Crippen MR) is 82.8 cm³/mol. The van der Waals surface area contributed by atoms with Gasteiger partial charge in [-0.25, -0.2) is 9.50 Å². The van der Waals surface area contributed by atoms with Gasteiger partial charge in [-0.2, -0.15) is 5.10 Å². The molecule has 0 spiro atoms. The molecule has 0 bridgehead atoms. The van der Waals surface area contributed by atoms with E-state index >= 15 is 0 Å². The van der Waals surface area contributed by atoms with Crippen molar-refractivity contribution in [2.75, 3.05) is 6.54 Å². The van der Waals surface area contributed by atoms with E-state index in [9.17, 15) is 0 Å². The number of hydrogen-bond acceptors (Lipinski definition) is 4. The van der Waals surface area contributed by atoms with Crippen molar-refractivity contribution >= 4 is 16.3 Å². The van der Waals surface area contributed by atoms with Gasteiger partial charge in [0.05, 0.1) is 16.6 Å². The van der Waals surface area contributed by atoms with E-state index in [1.807, 2.05) is 0 Å². The molecule has 0 saturated heterocycles. The van der Waals surface area contributed by atoms with E-state index in [2.05, 4.69) is 40.2 Å². The standard InChI is InChI=1S/C16H16N4S/c1-2-4-10(5-3-1)13-14-12(8-9-17-13)20-16(21-14)18-15(19-20)11-6-7-11/h1-5,11,13,17H,6-9H2. The summed E-state index contributed by atoms with van der Waals surface area (Å²) in [7, 11) is 0. The fourth-order valence-corrected chi connectivity index (χ4v) is 4.34. The van der Waals surface area contributed by atoms with Crippen molar-refractivity contribution in [3.63, 3.8) is 0 Å². The molecular weight excluding hydrogens is 280 g/mol. The average molecular weight is 296 g/mol. The molecule has 1 unspecified atom stereocenters. The van der Waals surface area contributed by atoms with Crippen LogP contribution in [-0.4, -0.2) is 21.1 Å². The molecule has 2 aliphatic rings. The summed E-state index contributed by atoms with van der Waals surface area (Å²) in [6, 6.07) is 10.9. The SMILES string of the molecule is c1ccc(C2NCCc3c2sc2nc(C4CC4)nn32)cc1. The molecule has 0 amide bonds. The van der Waals surface area contributed by atoms with Gasteiger partial charge in [-0.3, -0.25) is 0 Å². The van der Waals surface area contributed by atoms with Gasteiger partial charge in [0.15, 0.2) is 5.82 Å². The van der Waals surface area contributed by atoms with Crippen molar-refractivity contribution in [2.24, 2.45) is 0 Å². The van der Waals surface area contributed by atoms with Crippen molar-refractivity contribution in [1.82, 2.24) is 19.9 Å². The average Bonchev–Trinajstić information content (AvgIpc) is 3.20. The van der Waals surface area contributed by atoms with Gasteiger partial charge in [-0.15, -0.1) is 0 Å². The zero-order valence-electron chi connectivity index (χ0n) is 11.6. The lowest BCUT2D eigenvalue weighted by atomic mass is 10.0. The minimum absolute atomic E-state index is 0.285. The van der Waals surface area contributed by atoms with E-state index in [0.29, 0.717) is 5.92 Å². The second kappa shape index (κ2) is 4.39. The van der Waals surface area contributed by atoms with Crippen LogP contribution in [0, 0.1) is 0 Å². The van der Waals surface area contributed by atoms with Gasteiger partial charge in [0, 0.05) is 18.9 Å². The van der Waals surface area contributed by atoms with Crippen molar-refractivity contribution in [3.8, 4) is 0 Å². The van der Waals surface area contributed by atoms with Crippen LogP contribution in [0.4, 0.5) is 0 Å². The quantitative estimate of drug-likeness (QED) is 0.790. The zero-order chi connectivity index (χ0) is 13.8. The number of fused-ring (bicyclic) bond motifs is 3. The summed E-state index contributed by atoms with van der Waals surface area (Å²) in [6.45, 7) is 0.997. The van der Waals surface area contributed by atoms with Crippen LogP contribution in [0.3, 0.4) is 0 Å². The minimum Gasteiger partial charge on any atom is -0.305 e. The Kier molecular flexibility index (Phi) is 2.48. The summed E-state index contributed by atoms with van der Waals surface area (Å²) in [5.74, 6) is 1.68. The fraction of sp³-hybridized carbons (Fsp3) is 0.375. The molecule has 4 nitrogen and oxygen atoms in total. The Labute approximate surface area is 126 Å². The van der Waals surface area contributed by atoms with Gasteiger partial charge < -0.3 is 5.32 Å². The number of rotatable bonds is 2. The molecule has 0 radical (unpaired) electrons. The summed E-state index contributed by atoms with van der Waals surface area (Å²) < 4.78 is 2.10. The Morgan fingerprint density at radius 1 is 1.19 bits per heavy atom. The van der Waals surface area contributed by atoms with Crippen LogP contribution in [0.15, 0.2) is 30.3 Å². The zero-order valence-corrected chi connectivity index (χ0v) is 12.4. The number of hydrogen-bond donors (Lipinski definition) is 1. The Hall–Kier alpha value is -1.72. The molecule has 3 heterocycles. The fourth-order valence-electron chi connectivity index (χ4n) is 3.13. The van der Waals surface area contributed by atoms with E-state index in [4.69, 9.17) is 10.1 Å². The normalized spacial score (nSPS) is 21.6. The molecule has 3 aromatic rings. The molecule has 1 atom stereocenters. The van der Waals surface area contributed by atoms with Crippen LogP contribution in [0.1, 0.15) is 46.8 Å². The molecule has 2 aromatic heterocycles. The monoisotopic (exact) mass is 296 g/mol. The number of benzene rings is 1. The summed E-state index contributed by atoms with van der Waals surface area (Å²) >= 11 is 1.80. The lowest BCUT2D eigenvalue weighted by molar-refractivity contribution is 0.561. The minimum atomic E-state index is 0.285. The first-order valence-corrected chi connectivity index (χ1v) is 8.38. The Balaban J connectivity index is 1.64. The Morgan fingerprint density at radius 2 is 2.05 bits per heavy atom. The summed E-state index contributed by atoms with van der Waals surface area (Å²) in [6.07, 6.45) is 3.55. The lowest BCUT2D eigenvalue weighted by Gasteiger charge is -2.23. The molecule has 21 heavy (non-hydrogen) atoms. The maximum absolute atomic E-state index is 4.76. The maximum Gasteiger partial charge on any atom is 0.212 e. The highest BCUT2D eigenvalue weighted by Gasteiger charge is 2.31. The molecular formula is C16H16N4S. The van der Waals surface area contributed by atoms with Crippen LogP contribution in [0.25, 0.3) is 4.96 Å². The van der Waals surface area contributed by atoms with Gasteiger partial charge in [-0.05, 0) is 18.4 Å². The lowest BCUT2D eigenvalue weighted by Crippen LogP contribution is -2.30. The Morgan fingerprint density at radius 3 is 2.86 bits per heavy atom. The van der Waals surface area contributed by atoms with Crippen LogP contribution >= 0.6 is 11.3 Å². The molecule has 1 N–H and O–H groups in total. The third kappa shape index (κ3) is 1.84. The second-order valence-electron chi connectivity index (χ2n) is 5.90. The van der Waals surface area contributed by atoms with Crippen molar-refractivity contribution in [1.29, 1.82) is 0 Å². The highest BCUT2D eigenvalue weighted by molar-refractivity contribution is 7.17. The molecule has 1 aromatic carbocycles. The molecule has 106 valence electrons. The van der Waals surface area contributed by atoms with Crippen LogP contribution < -0.4 is 5.32 Å². The van der Waals surface area contributed by atoms with Gasteiger partial charge >= 0.3 is 0 Å². The first kappa shape index (κ1) is 11.9. The first-order chi connectivity index (χ1) is 10.4. The van der Waals surface area contributed by atoms with Gasteiger partial charge in [0.1, 0.15) is 0 Å². The van der Waals surface area contributed by atoms with Crippen molar-refractivity contribution in [3.05, 3.63) is 52.3 Å². The molecule has 1 fully saturated rings. The van der Waals surface area contributed by atoms with Crippen molar-refractivity contribution < 1.29 is 0 Å². The third-order valence-electron chi connectivity index (χ3n) is 4.38.